The van der Waals surface area contributed by atoms with Crippen molar-refractivity contribution in [1.29, 1.82) is 0 Å². The van der Waals surface area contributed by atoms with Gasteiger partial charge in [0, 0.05) is 32.2 Å². The van der Waals surface area contributed by atoms with Crippen LogP contribution in [0.3, 0.4) is 0 Å². The molecule has 0 bridgehead atoms. The van der Waals surface area contributed by atoms with Crippen LogP contribution < -0.4 is 5.32 Å². The molecule has 0 saturated heterocycles. The molecule has 108 valence electrons. The second kappa shape index (κ2) is 7.78. The Bertz CT molecular complexity index is 564. The van der Waals surface area contributed by atoms with Crippen LogP contribution in [0.25, 0.3) is 10.6 Å². The number of rotatable bonds is 7. The average molecular weight is 360 g/mol. The van der Waals surface area contributed by atoms with E-state index in [9.17, 15) is 4.39 Å². The summed E-state index contributed by atoms with van der Waals surface area (Å²) >= 11 is 4.59. The molecule has 0 unspecified atom stereocenters. The van der Waals surface area contributed by atoms with E-state index in [4.69, 9.17) is 4.74 Å². The minimum absolute atomic E-state index is 0.298. The summed E-state index contributed by atoms with van der Waals surface area (Å²) in [6, 6.07) is 5.16. The molecule has 20 heavy (non-hydrogen) atoms. The molecular formula is C13H15BrFN3OS. The van der Waals surface area contributed by atoms with E-state index in [2.05, 4.69) is 31.4 Å². The Balaban J connectivity index is 1.97. The first kappa shape index (κ1) is 15.5. The standard InChI is InChI=1S/C13H15BrFN3OS/c1-19-8-7-16-6-5-11-17-18-13(20-11)9-3-2-4-10(14)12(9)15/h2-4,16H,5-8H2,1H3. The van der Waals surface area contributed by atoms with E-state index in [0.717, 1.165) is 24.5 Å². The molecule has 0 radical (unpaired) electrons. The van der Waals surface area contributed by atoms with E-state index in [1.165, 1.54) is 11.3 Å². The first-order chi connectivity index (χ1) is 9.72. The van der Waals surface area contributed by atoms with Gasteiger partial charge in [0.25, 0.3) is 0 Å². The van der Waals surface area contributed by atoms with E-state index in [0.29, 0.717) is 21.7 Å². The number of hydrogen-bond donors (Lipinski definition) is 1. The van der Waals surface area contributed by atoms with Crippen LogP contribution in [0.15, 0.2) is 22.7 Å². The highest BCUT2D eigenvalue weighted by Gasteiger charge is 2.12. The van der Waals surface area contributed by atoms with Gasteiger partial charge in [-0.15, -0.1) is 10.2 Å². The van der Waals surface area contributed by atoms with Crippen LogP contribution in [0.1, 0.15) is 5.01 Å². The van der Waals surface area contributed by atoms with E-state index in [-0.39, 0.29) is 5.82 Å². The third-order valence-corrected chi connectivity index (χ3v) is 4.28. The number of aromatic nitrogens is 2. The molecule has 0 amide bonds. The molecule has 4 nitrogen and oxygen atoms in total. The number of benzene rings is 1. The van der Waals surface area contributed by atoms with Gasteiger partial charge in [-0.05, 0) is 28.1 Å². The Morgan fingerprint density at radius 2 is 2.20 bits per heavy atom. The molecule has 0 fully saturated rings. The molecule has 0 spiro atoms. The fraction of sp³-hybridized carbons (Fsp3) is 0.385. The van der Waals surface area contributed by atoms with Crippen molar-refractivity contribution in [2.24, 2.45) is 0 Å². The van der Waals surface area contributed by atoms with Crippen molar-refractivity contribution in [2.45, 2.75) is 6.42 Å². The summed E-state index contributed by atoms with van der Waals surface area (Å²) < 4.78 is 19.3. The Hall–Kier alpha value is -0.890. The van der Waals surface area contributed by atoms with E-state index in [1.54, 1.807) is 25.3 Å². The third-order valence-electron chi connectivity index (χ3n) is 2.65. The van der Waals surface area contributed by atoms with Crippen molar-refractivity contribution in [3.8, 4) is 10.6 Å². The van der Waals surface area contributed by atoms with Crippen LogP contribution in [-0.4, -0.2) is 37.0 Å². The molecule has 2 rings (SSSR count). The lowest BCUT2D eigenvalue weighted by Gasteiger charge is -2.01. The second-order valence-electron chi connectivity index (χ2n) is 4.10. The first-order valence-electron chi connectivity index (χ1n) is 6.19. The smallest absolute Gasteiger partial charge is 0.150 e. The molecule has 0 aliphatic rings. The molecule has 1 heterocycles. The molecule has 1 N–H and O–H groups in total. The SMILES string of the molecule is COCCNCCc1nnc(-c2cccc(Br)c2F)s1. The lowest BCUT2D eigenvalue weighted by Crippen LogP contribution is -2.21. The fourth-order valence-electron chi connectivity index (χ4n) is 1.63. The van der Waals surface area contributed by atoms with Crippen LogP contribution >= 0.6 is 27.3 Å². The molecule has 7 heteroatoms. The summed E-state index contributed by atoms with van der Waals surface area (Å²) in [5, 5.41) is 12.9. The lowest BCUT2D eigenvalue weighted by atomic mass is 10.2. The van der Waals surface area contributed by atoms with Crippen molar-refractivity contribution in [3.05, 3.63) is 33.5 Å². The first-order valence-corrected chi connectivity index (χ1v) is 7.79. The quantitative estimate of drug-likeness (QED) is 0.772. The zero-order valence-electron chi connectivity index (χ0n) is 11.0. The highest BCUT2D eigenvalue weighted by Crippen LogP contribution is 2.29. The minimum atomic E-state index is -0.298. The van der Waals surface area contributed by atoms with Gasteiger partial charge in [0.2, 0.25) is 0 Å². The molecule has 0 saturated carbocycles. The maximum Gasteiger partial charge on any atom is 0.150 e. The number of nitrogens with one attached hydrogen (secondary N) is 1. The van der Waals surface area contributed by atoms with Crippen molar-refractivity contribution in [2.75, 3.05) is 26.8 Å². The maximum absolute atomic E-state index is 14.0. The van der Waals surface area contributed by atoms with Crippen LogP contribution in [0.2, 0.25) is 0 Å². The Morgan fingerprint density at radius 1 is 1.35 bits per heavy atom. The van der Waals surface area contributed by atoms with Crippen molar-refractivity contribution in [1.82, 2.24) is 15.5 Å². The van der Waals surface area contributed by atoms with Crippen molar-refractivity contribution in [3.63, 3.8) is 0 Å². The molecule has 0 atom stereocenters. The largest absolute Gasteiger partial charge is 0.383 e. The predicted octanol–water partition coefficient (Wildman–Crippen LogP) is 2.89. The van der Waals surface area contributed by atoms with Crippen LogP contribution in [0, 0.1) is 5.82 Å². The Kier molecular flexibility index (Phi) is 6.03. The second-order valence-corrected chi connectivity index (χ2v) is 6.01. The highest BCUT2D eigenvalue weighted by atomic mass is 79.9. The van der Waals surface area contributed by atoms with Gasteiger partial charge in [-0.25, -0.2) is 4.39 Å². The van der Waals surface area contributed by atoms with E-state index in [1.807, 2.05) is 0 Å². The fourth-order valence-corrected chi connectivity index (χ4v) is 2.85. The maximum atomic E-state index is 14.0. The topological polar surface area (TPSA) is 47.0 Å². The van der Waals surface area contributed by atoms with Crippen molar-refractivity contribution < 1.29 is 9.13 Å². The predicted molar refractivity (Wildman–Crippen MR) is 81.5 cm³/mol. The molecule has 1 aromatic carbocycles. The molecule has 1 aromatic heterocycles. The molecular weight excluding hydrogens is 345 g/mol. The highest BCUT2D eigenvalue weighted by molar-refractivity contribution is 9.10. The summed E-state index contributed by atoms with van der Waals surface area (Å²) in [6.45, 7) is 2.30. The molecule has 0 aliphatic carbocycles. The summed E-state index contributed by atoms with van der Waals surface area (Å²) in [5.41, 5.74) is 0.482. The van der Waals surface area contributed by atoms with E-state index < -0.39 is 0 Å². The van der Waals surface area contributed by atoms with Gasteiger partial charge < -0.3 is 10.1 Å². The minimum Gasteiger partial charge on any atom is -0.383 e. The number of methoxy groups -OCH3 is 1. The monoisotopic (exact) mass is 359 g/mol. The van der Waals surface area contributed by atoms with Gasteiger partial charge in [0.1, 0.15) is 10.8 Å². The van der Waals surface area contributed by atoms with Gasteiger partial charge in [0.15, 0.2) is 5.01 Å². The van der Waals surface area contributed by atoms with Crippen LogP contribution in [-0.2, 0) is 11.2 Å². The zero-order chi connectivity index (χ0) is 14.4. The van der Waals surface area contributed by atoms with Gasteiger partial charge in [0.05, 0.1) is 11.1 Å². The number of ether oxygens (including phenoxy) is 1. The third kappa shape index (κ3) is 4.05. The van der Waals surface area contributed by atoms with Crippen molar-refractivity contribution >= 4 is 27.3 Å². The Labute approximate surface area is 129 Å². The van der Waals surface area contributed by atoms with Gasteiger partial charge in [-0.3, -0.25) is 0 Å². The number of nitrogens with zero attached hydrogens (tertiary/aromatic N) is 2. The number of halogens is 2. The summed E-state index contributed by atoms with van der Waals surface area (Å²) in [6.07, 6.45) is 0.775. The Morgan fingerprint density at radius 3 is 3.00 bits per heavy atom. The lowest BCUT2D eigenvalue weighted by molar-refractivity contribution is 0.199. The van der Waals surface area contributed by atoms with Gasteiger partial charge in [-0.1, -0.05) is 17.4 Å². The van der Waals surface area contributed by atoms with Crippen LogP contribution in [0.5, 0.6) is 0 Å². The average Bonchev–Trinajstić information content (AvgIpc) is 2.90. The van der Waals surface area contributed by atoms with Gasteiger partial charge >= 0.3 is 0 Å². The van der Waals surface area contributed by atoms with E-state index >= 15 is 0 Å². The van der Waals surface area contributed by atoms with Crippen LogP contribution in [0.4, 0.5) is 4.39 Å². The van der Waals surface area contributed by atoms with Gasteiger partial charge in [-0.2, -0.15) is 0 Å². The summed E-state index contributed by atoms with van der Waals surface area (Å²) in [4.78, 5) is 0. The number of hydrogen-bond acceptors (Lipinski definition) is 5. The summed E-state index contributed by atoms with van der Waals surface area (Å²) in [5.74, 6) is -0.298. The molecule has 2 aromatic rings. The zero-order valence-corrected chi connectivity index (χ0v) is 13.4. The molecule has 0 aliphatic heterocycles. The summed E-state index contributed by atoms with van der Waals surface area (Å²) in [7, 11) is 1.67. The normalized spacial score (nSPS) is 10.9.